The molecule has 0 saturated heterocycles. The first kappa shape index (κ1) is 16.3. The molecule has 120 valence electrons. The second-order valence-electron chi connectivity index (χ2n) is 6.20. The van der Waals surface area contributed by atoms with Crippen molar-refractivity contribution >= 4 is 17.9 Å². The standard InChI is InChI=1S/C17H25N3O2/c1-11(2)19-17(22)10-18-16(21)8-5-14-9-12(3)20(13(14)4)15-6-7-15/h5,8-9,11,15H,6-7,10H2,1-4H3,(H,18,21)(H,19,22)/b8-5+. The summed E-state index contributed by atoms with van der Waals surface area (Å²) in [6.45, 7) is 7.95. The fourth-order valence-corrected chi connectivity index (χ4v) is 2.63. The topological polar surface area (TPSA) is 63.1 Å². The van der Waals surface area contributed by atoms with Crippen molar-refractivity contribution in [3.05, 3.63) is 29.1 Å². The second-order valence-corrected chi connectivity index (χ2v) is 6.20. The maximum absolute atomic E-state index is 11.8. The summed E-state index contributed by atoms with van der Waals surface area (Å²) < 4.78 is 2.34. The van der Waals surface area contributed by atoms with Gasteiger partial charge in [0, 0.05) is 29.5 Å². The van der Waals surface area contributed by atoms with Crippen LogP contribution in [0.3, 0.4) is 0 Å². The number of carbonyl (C=O) groups is 2. The van der Waals surface area contributed by atoms with E-state index in [1.807, 2.05) is 19.9 Å². The number of nitrogens with zero attached hydrogens (tertiary/aromatic N) is 1. The van der Waals surface area contributed by atoms with Crippen LogP contribution in [0.15, 0.2) is 12.1 Å². The van der Waals surface area contributed by atoms with E-state index in [0.29, 0.717) is 6.04 Å². The lowest BCUT2D eigenvalue weighted by atomic mass is 10.2. The Morgan fingerprint density at radius 2 is 2.05 bits per heavy atom. The van der Waals surface area contributed by atoms with E-state index in [1.54, 1.807) is 0 Å². The number of aromatic nitrogens is 1. The van der Waals surface area contributed by atoms with Gasteiger partial charge in [0.05, 0.1) is 6.54 Å². The Hall–Kier alpha value is -2.04. The molecule has 1 fully saturated rings. The summed E-state index contributed by atoms with van der Waals surface area (Å²) >= 11 is 0. The lowest BCUT2D eigenvalue weighted by molar-refractivity contribution is -0.124. The maximum Gasteiger partial charge on any atom is 0.244 e. The van der Waals surface area contributed by atoms with Gasteiger partial charge in [0.1, 0.15) is 0 Å². The Kier molecular flexibility index (Phi) is 5.06. The summed E-state index contributed by atoms with van der Waals surface area (Å²) in [5.74, 6) is -0.432. The number of hydrogen-bond donors (Lipinski definition) is 2. The third kappa shape index (κ3) is 4.23. The van der Waals surface area contributed by atoms with Crippen molar-refractivity contribution in [2.24, 2.45) is 0 Å². The van der Waals surface area contributed by atoms with Crippen LogP contribution in [0, 0.1) is 13.8 Å². The van der Waals surface area contributed by atoms with E-state index in [-0.39, 0.29) is 24.4 Å². The highest BCUT2D eigenvalue weighted by molar-refractivity contribution is 5.94. The number of rotatable bonds is 6. The zero-order valence-corrected chi connectivity index (χ0v) is 13.8. The molecule has 1 heterocycles. The average molecular weight is 303 g/mol. The zero-order valence-electron chi connectivity index (χ0n) is 13.8. The lowest BCUT2D eigenvalue weighted by Crippen LogP contribution is -2.39. The number of amides is 2. The minimum atomic E-state index is -0.255. The van der Waals surface area contributed by atoms with E-state index < -0.39 is 0 Å². The van der Waals surface area contributed by atoms with Crippen LogP contribution in [0.1, 0.15) is 49.7 Å². The van der Waals surface area contributed by atoms with Crippen molar-refractivity contribution in [2.45, 2.75) is 52.6 Å². The quantitative estimate of drug-likeness (QED) is 0.791. The summed E-state index contributed by atoms with van der Waals surface area (Å²) in [6.07, 6.45) is 5.79. The molecule has 0 unspecified atom stereocenters. The van der Waals surface area contributed by atoms with E-state index in [2.05, 4.69) is 35.1 Å². The maximum atomic E-state index is 11.8. The smallest absolute Gasteiger partial charge is 0.244 e. The largest absolute Gasteiger partial charge is 0.352 e. The fraction of sp³-hybridized carbons (Fsp3) is 0.529. The minimum absolute atomic E-state index is 0.00243. The van der Waals surface area contributed by atoms with Crippen LogP contribution in [0.25, 0.3) is 6.08 Å². The first-order valence-corrected chi connectivity index (χ1v) is 7.82. The molecule has 1 aliphatic rings. The number of carbonyl (C=O) groups excluding carboxylic acids is 2. The summed E-state index contributed by atoms with van der Waals surface area (Å²) in [4.78, 5) is 23.2. The van der Waals surface area contributed by atoms with Gasteiger partial charge in [-0.3, -0.25) is 9.59 Å². The molecule has 1 aromatic heterocycles. The van der Waals surface area contributed by atoms with Gasteiger partial charge >= 0.3 is 0 Å². The predicted octanol–water partition coefficient (Wildman–Crippen LogP) is 2.09. The highest BCUT2D eigenvalue weighted by Gasteiger charge is 2.26. The van der Waals surface area contributed by atoms with E-state index in [9.17, 15) is 9.59 Å². The molecule has 2 N–H and O–H groups in total. The van der Waals surface area contributed by atoms with Crippen LogP contribution < -0.4 is 10.6 Å². The van der Waals surface area contributed by atoms with Gasteiger partial charge in [0.25, 0.3) is 0 Å². The van der Waals surface area contributed by atoms with Gasteiger partial charge < -0.3 is 15.2 Å². The Morgan fingerprint density at radius 1 is 1.36 bits per heavy atom. The minimum Gasteiger partial charge on any atom is -0.352 e. The first-order chi connectivity index (χ1) is 10.4. The van der Waals surface area contributed by atoms with Gasteiger partial charge in [-0.15, -0.1) is 0 Å². The number of aryl methyl sites for hydroxylation is 1. The van der Waals surface area contributed by atoms with Gasteiger partial charge in [-0.25, -0.2) is 0 Å². The molecule has 0 spiro atoms. The van der Waals surface area contributed by atoms with Crippen molar-refractivity contribution in [3.8, 4) is 0 Å². The van der Waals surface area contributed by atoms with Gasteiger partial charge in [-0.1, -0.05) is 0 Å². The molecule has 22 heavy (non-hydrogen) atoms. The molecule has 2 rings (SSSR count). The van der Waals surface area contributed by atoms with Crippen LogP contribution in [-0.2, 0) is 9.59 Å². The summed E-state index contributed by atoms with van der Waals surface area (Å²) in [6, 6.07) is 2.81. The normalized spacial score (nSPS) is 14.6. The molecule has 1 saturated carbocycles. The third-order valence-corrected chi connectivity index (χ3v) is 3.72. The zero-order chi connectivity index (χ0) is 16.3. The predicted molar refractivity (Wildman–Crippen MR) is 87.5 cm³/mol. The molecule has 0 radical (unpaired) electrons. The van der Waals surface area contributed by atoms with E-state index in [4.69, 9.17) is 0 Å². The van der Waals surface area contributed by atoms with Crippen LogP contribution >= 0.6 is 0 Å². The molecule has 2 amide bonds. The molecule has 5 heteroatoms. The van der Waals surface area contributed by atoms with Crippen molar-refractivity contribution in [1.29, 1.82) is 0 Å². The molecule has 1 aromatic rings. The van der Waals surface area contributed by atoms with E-state index in [0.717, 1.165) is 5.56 Å². The van der Waals surface area contributed by atoms with Crippen molar-refractivity contribution in [3.63, 3.8) is 0 Å². The summed E-state index contributed by atoms with van der Waals surface area (Å²) in [5, 5.41) is 5.32. The fourth-order valence-electron chi connectivity index (χ4n) is 2.63. The molecule has 0 atom stereocenters. The van der Waals surface area contributed by atoms with Gasteiger partial charge in [-0.05, 0) is 58.2 Å². The van der Waals surface area contributed by atoms with Gasteiger partial charge in [0.2, 0.25) is 11.8 Å². The van der Waals surface area contributed by atoms with Crippen molar-refractivity contribution in [1.82, 2.24) is 15.2 Å². The second kappa shape index (κ2) is 6.81. The molecule has 0 bridgehead atoms. The summed E-state index contributed by atoms with van der Waals surface area (Å²) in [5.41, 5.74) is 3.49. The number of nitrogens with one attached hydrogen (secondary N) is 2. The highest BCUT2D eigenvalue weighted by Crippen LogP contribution is 2.38. The summed E-state index contributed by atoms with van der Waals surface area (Å²) in [7, 11) is 0. The molecule has 0 aromatic carbocycles. The van der Waals surface area contributed by atoms with Gasteiger partial charge in [-0.2, -0.15) is 0 Å². The molecule has 1 aliphatic carbocycles. The molecule has 5 nitrogen and oxygen atoms in total. The van der Waals surface area contributed by atoms with Crippen LogP contribution in [0.2, 0.25) is 0 Å². The monoisotopic (exact) mass is 303 g/mol. The Labute approximate surface area is 131 Å². The molecule has 0 aliphatic heterocycles. The Balaban J connectivity index is 1.90. The van der Waals surface area contributed by atoms with Crippen LogP contribution in [-0.4, -0.2) is 29.0 Å². The highest BCUT2D eigenvalue weighted by atomic mass is 16.2. The average Bonchev–Trinajstić information content (AvgIpc) is 3.20. The lowest BCUT2D eigenvalue weighted by Gasteiger charge is -2.08. The van der Waals surface area contributed by atoms with Crippen molar-refractivity contribution < 1.29 is 9.59 Å². The van der Waals surface area contributed by atoms with Crippen LogP contribution in [0.4, 0.5) is 0 Å². The molecular weight excluding hydrogens is 278 g/mol. The number of hydrogen-bond acceptors (Lipinski definition) is 2. The third-order valence-electron chi connectivity index (χ3n) is 3.72. The van der Waals surface area contributed by atoms with Crippen molar-refractivity contribution in [2.75, 3.05) is 6.54 Å². The first-order valence-electron chi connectivity index (χ1n) is 7.82. The SMILES string of the molecule is Cc1cc(/C=C/C(=O)NCC(=O)NC(C)C)c(C)n1C1CC1. The Bertz CT molecular complexity index is 595. The van der Waals surface area contributed by atoms with Crippen LogP contribution in [0.5, 0.6) is 0 Å². The Morgan fingerprint density at radius 3 is 2.64 bits per heavy atom. The van der Waals surface area contributed by atoms with Gasteiger partial charge in [0.15, 0.2) is 0 Å². The van der Waals surface area contributed by atoms with E-state index in [1.165, 1.54) is 30.3 Å². The molecular formula is C17H25N3O2. The van der Waals surface area contributed by atoms with E-state index >= 15 is 0 Å².